The standard InChI is InChI=1S/C18H21N3O3/c1-12-16(13(2)24-20-12)10-19-18(23)15-6-3-5-14(9-15)11-21-8-4-7-17(21)22/h3,5-6,9H,4,7-8,10-11H2,1-2H3,(H,19,23). The van der Waals surface area contributed by atoms with Gasteiger partial charge >= 0.3 is 0 Å². The van der Waals surface area contributed by atoms with Crippen molar-refractivity contribution in [2.45, 2.75) is 39.8 Å². The maximum absolute atomic E-state index is 12.4. The van der Waals surface area contributed by atoms with E-state index in [0.29, 0.717) is 30.8 Å². The minimum Gasteiger partial charge on any atom is -0.361 e. The van der Waals surface area contributed by atoms with E-state index in [1.807, 2.05) is 36.9 Å². The summed E-state index contributed by atoms with van der Waals surface area (Å²) in [6.07, 6.45) is 1.54. The molecular weight excluding hydrogens is 306 g/mol. The fraction of sp³-hybridized carbons (Fsp3) is 0.389. The zero-order valence-electron chi connectivity index (χ0n) is 14.0. The number of hydrogen-bond acceptors (Lipinski definition) is 4. The maximum atomic E-state index is 12.4. The van der Waals surface area contributed by atoms with Gasteiger partial charge in [0.25, 0.3) is 5.91 Å². The fourth-order valence-electron chi connectivity index (χ4n) is 2.93. The molecule has 0 atom stereocenters. The average molecular weight is 327 g/mol. The van der Waals surface area contributed by atoms with Crippen LogP contribution < -0.4 is 5.32 Å². The van der Waals surface area contributed by atoms with Gasteiger partial charge in [-0.15, -0.1) is 0 Å². The van der Waals surface area contributed by atoms with Gasteiger partial charge in [-0.3, -0.25) is 9.59 Å². The van der Waals surface area contributed by atoms with Crippen molar-refractivity contribution in [2.24, 2.45) is 0 Å². The molecule has 1 aliphatic heterocycles. The highest BCUT2D eigenvalue weighted by atomic mass is 16.5. The Morgan fingerprint density at radius 2 is 2.21 bits per heavy atom. The van der Waals surface area contributed by atoms with Crippen LogP contribution in [-0.2, 0) is 17.9 Å². The van der Waals surface area contributed by atoms with Gasteiger partial charge in [0.2, 0.25) is 5.91 Å². The van der Waals surface area contributed by atoms with Crippen LogP contribution in [0.15, 0.2) is 28.8 Å². The first-order valence-electron chi connectivity index (χ1n) is 8.11. The predicted molar refractivity (Wildman–Crippen MR) is 88.2 cm³/mol. The summed E-state index contributed by atoms with van der Waals surface area (Å²) in [6, 6.07) is 7.41. The van der Waals surface area contributed by atoms with E-state index in [9.17, 15) is 9.59 Å². The second kappa shape index (κ2) is 6.86. The molecule has 1 fully saturated rings. The first-order valence-corrected chi connectivity index (χ1v) is 8.11. The summed E-state index contributed by atoms with van der Waals surface area (Å²) in [4.78, 5) is 25.9. The van der Waals surface area contributed by atoms with Crippen LogP contribution in [0.3, 0.4) is 0 Å². The Balaban J connectivity index is 1.64. The van der Waals surface area contributed by atoms with Gasteiger partial charge in [0.1, 0.15) is 5.76 Å². The van der Waals surface area contributed by atoms with Crippen LogP contribution in [0.2, 0.25) is 0 Å². The average Bonchev–Trinajstić information content (AvgIpc) is 3.12. The third kappa shape index (κ3) is 3.48. The van der Waals surface area contributed by atoms with E-state index in [0.717, 1.165) is 29.8 Å². The maximum Gasteiger partial charge on any atom is 0.251 e. The third-order valence-corrected chi connectivity index (χ3v) is 4.34. The molecule has 2 amide bonds. The molecule has 2 heterocycles. The molecule has 1 aliphatic rings. The molecule has 0 radical (unpaired) electrons. The van der Waals surface area contributed by atoms with Crippen LogP contribution >= 0.6 is 0 Å². The van der Waals surface area contributed by atoms with Gasteiger partial charge in [0, 0.05) is 37.2 Å². The fourth-order valence-corrected chi connectivity index (χ4v) is 2.93. The minimum absolute atomic E-state index is 0.149. The number of carbonyl (C=O) groups excluding carboxylic acids is 2. The third-order valence-electron chi connectivity index (χ3n) is 4.34. The van der Waals surface area contributed by atoms with Gasteiger partial charge in [-0.05, 0) is 38.0 Å². The summed E-state index contributed by atoms with van der Waals surface area (Å²) in [7, 11) is 0. The lowest BCUT2D eigenvalue weighted by atomic mass is 10.1. The summed E-state index contributed by atoms with van der Waals surface area (Å²) in [5.41, 5.74) is 3.25. The molecule has 0 unspecified atom stereocenters. The number of carbonyl (C=O) groups is 2. The van der Waals surface area contributed by atoms with E-state index < -0.39 is 0 Å². The highest BCUT2D eigenvalue weighted by Crippen LogP contribution is 2.16. The SMILES string of the molecule is Cc1noc(C)c1CNC(=O)c1cccc(CN2CCCC2=O)c1. The molecule has 0 aliphatic carbocycles. The van der Waals surface area contributed by atoms with Crippen LogP contribution in [0.1, 0.15) is 45.8 Å². The molecule has 1 aromatic heterocycles. The van der Waals surface area contributed by atoms with Gasteiger partial charge in [0.15, 0.2) is 0 Å². The predicted octanol–water partition coefficient (Wildman–Crippen LogP) is 2.34. The first kappa shape index (κ1) is 16.2. The van der Waals surface area contributed by atoms with E-state index in [1.54, 1.807) is 6.07 Å². The monoisotopic (exact) mass is 327 g/mol. The van der Waals surface area contributed by atoms with E-state index in [-0.39, 0.29) is 11.8 Å². The topological polar surface area (TPSA) is 75.4 Å². The molecule has 0 saturated carbocycles. The lowest BCUT2D eigenvalue weighted by Crippen LogP contribution is -2.25. The molecule has 0 bridgehead atoms. The molecule has 2 aromatic rings. The Hall–Kier alpha value is -2.63. The van der Waals surface area contributed by atoms with Crippen molar-refractivity contribution in [3.8, 4) is 0 Å². The van der Waals surface area contributed by atoms with E-state index in [4.69, 9.17) is 4.52 Å². The Kier molecular flexibility index (Phi) is 4.64. The summed E-state index contributed by atoms with van der Waals surface area (Å²) >= 11 is 0. The number of rotatable bonds is 5. The normalized spacial score (nSPS) is 14.2. The number of nitrogens with one attached hydrogen (secondary N) is 1. The molecule has 6 nitrogen and oxygen atoms in total. The lowest BCUT2D eigenvalue weighted by molar-refractivity contribution is -0.128. The molecule has 6 heteroatoms. The Labute approximate surface area is 140 Å². The minimum atomic E-state index is -0.149. The van der Waals surface area contributed by atoms with Gasteiger partial charge < -0.3 is 14.7 Å². The van der Waals surface area contributed by atoms with Crippen LogP contribution in [0, 0.1) is 13.8 Å². The number of aromatic nitrogens is 1. The Bertz CT molecular complexity index is 747. The van der Waals surface area contributed by atoms with Crippen LogP contribution in [-0.4, -0.2) is 28.4 Å². The molecule has 1 saturated heterocycles. The highest BCUT2D eigenvalue weighted by Gasteiger charge is 2.20. The molecule has 1 aromatic carbocycles. The second-order valence-corrected chi connectivity index (χ2v) is 6.10. The first-order chi connectivity index (χ1) is 11.5. The molecule has 3 rings (SSSR count). The molecule has 1 N–H and O–H groups in total. The van der Waals surface area contributed by atoms with Gasteiger partial charge in [0.05, 0.1) is 5.69 Å². The zero-order valence-corrected chi connectivity index (χ0v) is 14.0. The van der Waals surface area contributed by atoms with Crippen molar-refractivity contribution < 1.29 is 14.1 Å². The highest BCUT2D eigenvalue weighted by molar-refractivity contribution is 5.94. The second-order valence-electron chi connectivity index (χ2n) is 6.10. The largest absolute Gasteiger partial charge is 0.361 e. The lowest BCUT2D eigenvalue weighted by Gasteiger charge is -2.16. The van der Waals surface area contributed by atoms with Crippen LogP contribution in [0.5, 0.6) is 0 Å². The number of nitrogens with zero attached hydrogens (tertiary/aromatic N) is 2. The number of amides is 2. The van der Waals surface area contributed by atoms with E-state index in [2.05, 4.69) is 10.5 Å². The smallest absolute Gasteiger partial charge is 0.251 e. The Morgan fingerprint density at radius 3 is 2.88 bits per heavy atom. The van der Waals surface area contributed by atoms with Crippen molar-refractivity contribution in [3.63, 3.8) is 0 Å². The quantitative estimate of drug-likeness (QED) is 0.914. The molecule has 24 heavy (non-hydrogen) atoms. The number of aryl methyl sites for hydroxylation is 2. The zero-order chi connectivity index (χ0) is 17.1. The number of likely N-dealkylation sites (tertiary alicyclic amines) is 1. The van der Waals surface area contributed by atoms with Gasteiger partial charge in [-0.2, -0.15) is 0 Å². The Morgan fingerprint density at radius 1 is 1.38 bits per heavy atom. The van der Waals surface area contributed by atoms with E-state index in [1.165, 1.54) is 0 Å². The summed E-state index contributed by atoms with van der Waals surface area (Å²) in [5, 5.41) is 6.77. The van der Waals surface area contributed by atoms with Crippen molar-refractivity contribution in [3.05, 3.63) is 52.4 Å². The molecule has 0 spiro atoms. The number of hydrogen-bond donors (Lipinski definition) is 1. The summed E-state index contributed by atoms with van der Waals surface area (Å²) in [6.45, 7) is 5.42. The van der Waals surface area contributed by atoms with Crippen molar-refractivity contribution in [1.29, 1.82) is 0 Å². The van der Waals surface area contributed by atoms with E-state index >= 15 is 0 Å². The number of benzene rings is 1. The van der Waals surface area contributed by atoms with Gasteiger partial charge in [-0.25, -0.2) is 0 Å². The van der Waals surface area contributed by atoms with Gasteiger partial charge in [-0.1, -0.05) is 17.3 Å². The summed E-state index contributed by atoms with van der Waals surface area (Å²) < 4.78 is 5.10. The summed E-state index contributed by atoms with van der Waals surface area (Å²) in [5.74, 6) is 0.752. The molecule has 126 valence electrons. The van der Waals surface area contributed by atoms with Crippen molar-refractivity contribution in [2.75, 3.05) is 6.54 Å². The van der Waals surface area contributed by atoms with Crippen LogP contribution in [0.4, 0.5) is 0 Å². The van der Waals surface area contributed by atoms with Crippen molar-refractivity contribution in [1.82, 2.24) is 15.4 Å². The molecular formula is C18H21N3O3. The van der Waals surface area contributed by atoms with Crippen LogP contribution in [0.25, 0.3) is 0 Å². The van der Waals surface area contributed by atoms with Crippen molar-refractivity contribution >= 4 is 11.8 Å².